The van der Waals surface area contributed by atoms with Crippen LogP contribution in [0.4, 0.5) is 0 Å². The van der Waals surface area contributed by atoms with Crippen LogP contribution in [0.3, 0.4) is 0 Å². The number of nitrogens with two attached hydrogens (primary N) is 1. The Hall–Kier alpha value is -1.75. The molecule has 1 rings (SSSR count). The molecule has 1 aromatic rings. The summed E-state index contributed by atoms with van der Waals surface area (Å²) in [6.45, 7) is 1.79. The monoisotopic (exact) mass is 225 g/mol. The lowest BCUT2D eigenvalue weighted by atomic mass is 9.98. The van der Waals surface area contributed by atoms with Crippen molar-refractivity contribution in [2.45, 2.75) is 19.4 Å². The van der Waals surface area contributed by atoms with Crippen LogP contribution in [0.25, 0.3) is 0 Å². The van der Waals surface area contributed by atoms with Gasteiger partial charge in [-0.1, -0.05) is 6.07 Å². The van der Waals surface area contributed by atoms with Gasteiger partial charge in [0.2, 0.25) is 0 Å². The molecule has 1 unspecified atom stereocenters. The molecule has 4 N–H and O–H groups in total. The highest BCUT2D eigenvalue weighted by molar-refractivity contribution is 5.68. The summed E-state index contributed by atoms with van der Waals surface area (Å²) in [4.78, 5) is 10.6. The molecule has 0 aliphatic carbocycles. The Morgan fingerprint density at radius 2 is 2.19 bits per heavy atom. The van der Waals surface area contributed by atoms with Crippen LogP contribution in [0.1, 0.15) is 23.6 Å². The number of ether oxygens (including phenoxy) is 1. The van der Waals surface area contributed by atoms with Crippen molar-refractivity contribution < 1.29 is 19.7 Å². The van der Waals surface area contributed by atoms with E-state index in [9.17, 15) is 9.90 Å². The third-order valence-electron chi connectivity index (χ3n) is 2.36. The summed E-state index contributed by atoms with van der Waals surface area (Å²) in [6, 6.07) is 2.47. The lowest BCUT2D eigenvalue weighted by Gasteiger charge is -2.17. The fourth-order valence-electron chi connectivity index (χ4n) is 1.65. The molecule has 1 atom stereocenters. The minimum absolute atomic E-state index is 0.0380. The van der Waals surface area contributed by atoms with Crippen molar-refractivity contribution in [2.24, 2.45) is 5.73 Å². The lowest BCUT2D eigenvalue weighted by Crippen LogP contribution is -2.17. The van der Waals surface area contributed by atoms with Crippen LogP contribution in [0.15, 0.2) is 12.1 Å². The molecule has 16 heavy (non-hydrogen) atoms. The number of phenolic OH excluding ortho intramolecular Hbond substituents is 1. The highest BCUT2D eigenvalue weighted by Crippen LogP contribution is 2.36. The molecule has 0 spiro atoms. The molecule has 0 aromatic heterocycles. The number of benzene rings is 1. The van der Waals surface area contributed by atoms with E-state index in [1.54, 1.807) is 13.0 Å². The van der Waals surface area contributed by atoms with Gasteiger partial charge in [0.05, 0.1) is 13.5 Å². The number of rotatable bonds is 4. The first-order chi connectivity index (χ1) is 7.47. The molecule has 0 fully saturated rings. The Labute approximate surface area is 93.5 Å². The molecule has 88 valence electrons. The van der Waals surface area contributed by atoms with E-state index in [4.69, 9.17) is 15.6 Å². The molecular weight excluding hydrogens is 210 g/mol. The summed E-state index contributed by atoms with van der Waals surface area (Å²) in [5.41, 5.74) is 7.10. The van der Waals surface area contributed by atoms with Crippen LogP contribution in [0.2, 0.25) is 0 Å². The summed E-state index contributed by atoms with van der Waals surface area (Å²) in [5.74, 6) is -0.782. The minimum Gasteiger partial charge on any atom is -0.504 e. The van der Waals surface area contributed by atoms with E-state index >= 15 is 0 Å². The van der Waals surface area contributed by atoms with Crippen LogP contribution >= 0.6 is 0 Å². The van der Waals surface area contributed by atoms with E-state index in [0.29, 0.717) is 5.56 Å². The Morgan fingerprint density at radius 3 is 2.69 bits per heavy atom. The van der Waals surface area contributed by atoms with E-state index in [2.05, 4.69) is 0 Å². The Morgan fingerprint density at radius 1 is 1.56 bits per heavy atom. The molecule has 0 saturated carbocycles. The van der Waals surface area contributed by atoms with Gasteiger partial charge in [-0.25, -0.2) is 0 Å². The van der Waals surface area contributed by atoms with Crippen molar-refractivity contribution in [3.63, 3.8) is 0 Å². The molecule has 0 radical (unpaired) electrons. The topological polar surface area (TPSA) is 92.8 Å². The number of hydrogen-bond donors (Lipinski definition) is 3. The molecule has 0 bridgehead atoms. The predicted molar refractivity (Wildman–Crippen MR) is 58.6 cm³/mol. The third-order valence-corrected chi connectivity index (χ3v) is 2.36. The predicted octanol–water partition coefficient (Wildman–Crippen LogP) is 1.18. The summed E-state index contributed by atoms with van der Waals surface area (Å²) >= 11 is 0. The van der Waals surface area contributed by atoms with E-state index in [1.165, 1.54) is 13.2 Å². The van der Waals surface area contributed by atoms with Gasteiger partial charge in [-0.05, 0) is 18.6 Å². The molecule has 0 saturated heterocycles. The average Bonchev–Trinajstić information content (AvgIpc) is 2.19. The van der Waals surface area contributed by atoms with Gasteiger partial charge in [-0.3, -0.25) is 4.79 Å². The first-order valence-corrected chi connectivity index (χ1v) is 4.81. The number of carbonyl (C=O) groups is 1. The quantitative estimate of drug-likeness (QED) is 0.715. The first-order valence-electron chi connectivity index (χ1n) is 4.81. The molecule has 0 amide bonds. The number of methoxy groups -OCH3 is 1. The van der Waals surface area contributed by atoms with Gasteiger partial charge in [0.25, 0.3) is 0 Å². The molecule has 5 nitrogen and oxygen atoms in total. The largest absolute Gasteiger partial charge is 0.504 e. The van der Waals surface area contributed by atoms with Crippen molar-refractivity contribution in [3.8, 4) is 11.5 Å². The van der Waals surface area contributed by atoms with Gasteiger partial charge in [0.1, 0.15) is 0 Å². The van der Waals surface area contributed by atoms with Gasteiger partial charge in [-0.2, -0.15) is 0 Å². The Kier molecular flexibility index (Phi) is 3.73. The molecule has 0 aliphatic rings. The second-order valence-electron chi connectivity index (χ2n) is 3.55. The molecule has 1 aromatic carbocycles. The highest BCUT2D eigenvalue weighted by Gasteiger charge is 2.20. The standard InChI is InChI=1S/C11H15NO4/c1-6-3-4-8(13)11(16-2)10(6)7(12)5-9(14)15/h3-4,7,13H,5,12H2,1-2H3,(H,14,15). The fraction of sp³-hybridized carbons (Fsp3) is 0.364. The maximum atomic E-state index is 10.6. The SMILES string of the molecule is COc1c(O)ccc(C)c1C(N)CC(=O)O. The van der Waals surface area contributed by atoms with Crippen molar-refractivity contribution in [1.82, 2.24) is 0 Å². The van der Waals surface area contributed by atoms with E-state index < -0.39 is 12.0 Å². The molecule has 0 aliphatic heterocycles. The number of aliphatic carboxylic acids is 1. The summed E-state index contributed by atoms with van der Waals surface area (Å²) in [7, 11) is 1.41. The second-order valence-corrected chi connectivity index (χ2v) is 3.55. The maximum Gasteiger partial charge on any atom is 0.305 e. The van der Waals surface area contributed by atoms with Crippen molar-refractivity contribution in [2.75, 3.05) is 7.11 Å². The Bertz CT molecular complexity index is 403. The van der Waals surface area contributed by atoms with Crippen LogP contribution < -0.4 is 10.5 Å². The van der Waals surface area contributed by atoms with E-state index in [0.717, 1.165) is 5.56 Å². The van der Waals surface area contributed by atoms with Crippen LogP contribution in [-0.4, -0.2) is 23.3 Å². The highest BCUT2D eigenvalue weighted by atomic mass is 16.5. The van der Waals surface area contributed by atoms with Gasteiger partial charge in [0.15, 0.2) is 11.5 Å². The summed E-state index contributed by atoms with van der Waals surface area (Å²) in [5, 5.41) is 18.3. The molecule has 5 heteroatoms. The normalized spacial score (nSPS) is 12.2. The zero-order valence-corrected chi connectivity index (χ0v) is 9.23. The van der Waals surface area contributed by atoms with Crippen LogP contribution in [0, 0.1) is 6.92 Å². The second kappa shape index (κ2) is 4.85. The zero-order valence-electron chi connectivity index (χ0n) is 9.23. The number of aryl methyl sites for hydroxylation is 1. The third kappa shape index (κ3) is 2.43. The number of carboxylic acid groups (broad SMARTS) is 1. The summed E-state index contributed by atoms with van der Waals surface area (Å²) in [6.07, 6.45) is -0.208. The Balaban J connectivity index is 3.19. The fourth-order valence-corrected chi connectivity index (χ4v) is 1.65. The smallest absolute Gasteiger partial charge is 0.305 e. The van der Waals surface area contributed by atoms with Crippen LogP contribution in [-0.2, 0) is 4.79 Å². The lowest BCUT2D eigenvalue weighted by molar-refractivity contribution is -0.137. The number of carboxylic acids is 1. The first kappa shape index (κ1) is 12.3. The van der Waals surface area contributed by atoms with Gasteiger partial charge >= 0.3 is 5.97 Å². The molecular formula is C11H15NO4. The van der Waals surface area contributed by atoms with Gasteiger partial charge in [-0.15, -0.1) is 0 Å². The van der Waals surface area contributed by atoms with Crippen molar-refractivity contribution in [3.05, 3.63) is 23.3 Å². The summed E-state index contributed by atoms with van der Waals surface area (Å²) < 4.78 is 5.04. The van der Waals surface area contributed by atoms with E-state index in [-0.39, 0.29) is 17.9 Å². The zero-order chi connectivity index (χ0) is 12.3. The molecule has 0 heterocycles. The maximum absolute atomic E-state index is 10.6. The minimum atomic E-state index is -0.989. The van der Waals surface area contributed by atoms with Gasteiger partial charge < -0.3 is 20.7 Å². The number of phenols is 1. The number of hydrogen-bond acceptors (Lipinski definition) is 4. The number of aromatic hydroxyl groups is 1. The van der Waals surface area contributed by atoms with Gasteiger partial charge in [0, 0.05) is 11.6 Å². The van der Waals surface area contributed by atoms with E-state index in [1.807, 2.05) is 0 Å². The van der Waals surface area contributed by atoms with Crippen molar-refractivity contribution >= 4 is 5.97 Å². The van der Waals surface area contributed by atoms with Crippen LogP contribution in [0.5, 0.6) is 11.5 Å². The average molecular weight is 225 g/mol. The van der Waals surface area contributed by atoms with Crippen molar-refractivity contribution in [1.29, 1.82) is 0 Å².